The number of halogens is 1. The van der Waals surface area contributed by atoms with Gasteiger partial charge in [-0.15, -0.1) is 0 Å². The predicted molar refractivity (Wildman–Crippen MR) is 92.6 cm³/mol. The second-order valence-electron chi connectivity index (χ2n) is 5.32. The monoisotopic (exact) mass is 352 g/mol. The van der Waals surface area contributed by atoms with Crippen molar-refractivity contribution in [2.45, 2.75) is 24.0 Å². The molecular formula is C16H17ClN2O3S. The average molecular weight is 353 g/mol. The van der Waals surface area contributed by atoms with Crippen molar-refractivity contribution in [2.24, 2.45) is 7.05 Å². The molecule has 2 aromatic rings. The van der Waals surface area contributed by atoms with E-state index in [1.54, 1.807) is 31.3 Å². The van der Waals surface area contributed by atoms with Crippen LogP contribution in [0.5, 0.6) is 0 Å². The highest BCUT2D eigenvalue weighted by Crippen LogP contribution is 2.15. The standard InChI is InChI=1S/C16H17ClN2O3S/c1-10(2)23(22)13-6-4-11(5-7-13)15(20)18-12-8-14(17)16(21)19(3)9-12/h4-10H,1-3H3,(H,18,20). The van der Waals surface area contributed by atoms with E-state index in [1.807, 2.05) is 13.8 Å². The quantitative estimate of drug-likeness (QED) is 0.920. The van der Waals surface area contributed by atoms with Crippen molar-refractivity contribution in [1.29, 1.82) is 0 Å². The van der Waals surface area contributed by atoms with E-state index in [2.05, 4.69) is 5.32 Å². The van der Waals surface area contributed by atoms with Crippen LogP contribution in [-0.4, -0.2) is 19.9 Å². The normalized spacial score (nSPS) is 12.2. The Labute approximate surface area is 141 Å². The van der Waals surface area contributed by atoms with Crippen molar-refractivity contribution in [2.75, 3.05) is 5.32 Å². The molecule has 1 N–H and O–H groups in total. The van der Waals surface area contributed by atoms with E-state index in [1.165, 1.54) is 16.8 Å². The van der Waals surface area contributed by atoms with E-state index < -0.39 is 10.8 Å². The Morgan fingerprint density at radius 3 is 2.39 bits per heavy atom. The summed E-state index contributed by atoms with van der Waals surface area (Å²) in [4.78, 5) is 24.4. The van der Waals surface area contributed by atoms with Crippen LogP contribution in [-0.2, 0) is 17.8 Å². The number of aromatic nitrogens is 1. The Morgan fingerprint density at radius 1 is 1.26 bits per heavy atom. The number of benzene rings is 1. The summed E-state index contributed by atoms with van der Waals surface area (Å²) in [6.07, 6.45) is 1.49. The largest absolute Gasteiger partial charge is 0.321 e. The lowest BCUT2D eigenvalue weighted by Gasteiger charge is -2.09. The van der Waals surface area contributed by atoms with Gasteiger partial charge < -0.3 is 9.88 Å². The van der Waals surface area contributed by atoms with Gasteiger partial charge in [-0.25, -0.2) is 0 Å². The molecule has 1 aromatic carbocycles. The molecule has 1 heterocycles. The minimum atomic E-state index is -1.09. The second-order valence-corrected chi connectivity index (χ2v) is 7.73. The molecule has 0 saturated heterocycles. The number of anilines is 1. The number of pyridine rings is 1. The number of amides is 1. The molecule has 5 nitrogen and oxygen atoms in total. The van der Waals surface area contributed by atoms with E-state index >= 15 is 0 Å². The topological polar surface area (TPSA) is 68.2 Å². The molecule has 1 unspecified atom stereocenters. The summed E-state index contributed by atoms with van der Waals surface area (Å²) in [5.41, 5.74) is 0.529. The molecule has 0 aliphatic heterocycles. The zero-order valence-corrected chi connectivity index (χ0v) is 14.6. The van der Waals surface area contributed by atoms with Crippen molar-refractivity contribution in [3.8, 4) is 0 Å². The molecule has 7 heteroatoms. The van der Waals surface area contributed by atoms with Crippen molar-refractivity contribution in [3.05, 3.63) is 57.5 Å². The Balaban J connectivity index is 2.18. The smallest absolute Gasteiger partial charge is 0.269 e. The van der Waals surface area contributed by atoms with Gasteiger partial charge in [0.25, 0.3) is 11.5 Å². The first-order valence-electron chi connectivity index (χ1n) is 6.97. The SMILES string of the molecule is CC(C)S(=O)c1ccc(C(=O)Nc2cc(Cl)c(=O)n(C)c2)cc1. The zero-order valence-electron chi connectivity index (χ0n) is 13.0. The summed E-state index contributed by atoms with van der Waals surface area (Å²) in [7, 11) is 0.465. The maximum atomic E-state index is 12.2. The van der Waals surface area contributed by atoms with E-state index in [-0.39, 0.29) is 21.7 Å². The Bertz CT molecular complexity index is 787. The van der Waals surface area contributed by atoms with Crippen LogP contribution < -0.4 is 10.9 Å². The molecule has 0 spiro atoms. The van der Waals surface area contributed by atoms with E-state index in [9.17, 15) is 13.8 Å². The Morgan fingerprint density at radius 2 is 1.87 bits per heavy atom. The van der Waals surface area contributed by atoms with Gasteiger partial charge in [-0.05, 0) is 30.3 Å². The van der Waals surface area contributed by atoms with E-state index in [0.717, 1.165) is 0 Å². The highest BCUT2D eigenvalue weighted by Gasteiger charge is 2.11. The number of nitrogens with zero attached hydrogens (tertiary/aromatic N) is 1. The van der Waals surface area contributed by atoms with Crippen LogP contribution in [0.1, 0.15) is 24.2 Å². The van der Waals surface area contributed by atoms with Crippen LogP contribution in [0.3, 0.4) is 0 Å². The minimum absolute atomic E-state index is 0.0161. The molecule has 0 bridgehead atoms. The third-order valence-electron chi connectivity index (χ3n) is 3.17. The van der Waals surface area contributed by atoms with Gasteiger partial charge in [0.1, 0.15) is 5.02 Å². The predicted octanol–water partition coefficient (Wildman–Crippen LogP) is 2.81. The average Bonchev–Trinajstić information content (AvgIpc) is 2.51. The molecule has 1 amide bonds. The van der Waals surface area contributed by atoms with Crippen molar-refractivity contribution in [3.63, 3.8) is 0 Å². The van der Waals surface area contributed by atoms with Crippen molar-refractivity contribution in [1.82, 2.24) is 4.57 Å². The fraction of sp³-hybridized carbons (Fsp3) is 0.250. The summed E-state index contributed by atoms with van der Waals surface area (Å²) in [6.45, 7) is 3.75. The number of hydrogen-bond acceptors (Lipinski definition) is 3. The van der Waals surface area contributed by atoms with Gasteiger partial charge in [-0.1, -0.05) is 25.4 Å². The maximum Gasteiger partial charge on any atom is 0.269 e. The number of rotatable bonds is 4. The van der Waals surface area contributed by atoms with Gasteiger partial charge >= 0.3 is 0 Å². The lowest BCUT2D eigenvalue weighted by Crippen LogP contribution is -2.19. The van der Waals surface area contributed by atoms with Crippen LogP contribution in [0.15, 0.2) is 46.2 Å². The number of carbonyl (C=O) groups excluding carboxylic acids is 1. The van der Waals surface area contributed by atoms with Crippen LogP contribution in [0, 0.1) is 0 Å². The number of hydrogen-bond donors (Lipinski definition) is 1. The fourth-order valence-electron chi connectivity index (χ4n) is 1.96. The highest BCUT2D eigenvalue weighted by molar-refractivity contribution is 7.85. The Kier molecular flexibility index (Phi) is 5.38. The molecule has 0 aliphatic rings. The van der Waals surface area contributed by atoms with Crippen molar-refractivity contribution < 1.29 is 9.00 Å². The first-order valence-corrected chi connectivity index (χ1v) is 8.57. The maximum absolute atomic E-state index is 12.2. The summed E-state index contributed by atoms with van der Waals surface area (Å²) in [5.74, 6) is -0.332. The molecule has 23 heavy (non-hydrogen) atoms. The summed E-state index contributed by atoms with van der Waals surface area (Å²) >= 11 is 5.82. The first-order chi connectivity index (χ1) is 10.8. The van der Waals surface area contributed by atoms with Crippen LogP contribution in [0.25, 0.3) is 0 Å². The fourth-order valence-corrected chi connectivity index (χ4v) is 3.15. The summed E-state index contributed by atoms with van der Waals surface area (Å²) in [6, 6.07) is 8.00. The van der Waals surface area contributed by atoms with Gasteiger partial charge in [-0.3, -0.25) is 13.8 Å². The summed E-state index contributed by atoms with van der Waals surface area (Å²) in [5, 5.41) is 2.73. The highest BCUT2D eigenvalue weighted by atomic mass is 35.5. The van der Waals surface area contributed by atoms with Crippen LogP contribution in [0.2, 0.25) is 5.02 Å². The van der Waals surface area contributed by atoms with Crippen molar-refractivity contribution >= 4 is 34.0 Å². The molecule has 0 aliphatic carbocycles. The lowest BCUT2D eigenvalue weighted by atomic mass is 10.2. The van der Waals surface area contributed by atoms with Crippen LogP contribution >= 0.6 is 11.6 Å². The summed E-state index contributed by atoms with van der Waals surface area (Å²) < 4.78 is 13.3. The van der Waals surface area contributed by atoms with Crippen LogP contribution in [0.4, 0.5) is 5.69 Å². The molecule has 1 aromatic heterocycles. The second kappa shape index (κ2) is 7.10. The van der Waals surface area contributed by atoms with Gasteiger partial charge in [0, 0.05) is 29.0 Å². The Hall–Kier alpha value is -1.92. The number of aryl methyl sites for hydroxylation is 1. The van der Waals surface area contributed by atoms with Gasteiger partial charge in [0.2, 0.25) is 0 Å². The van der Waals surface area contributed by atoms with E-state index in [4.69, 9.17) is 11.6 Å². The molecule has 2 rings (SSSR count). The number of carbonyl (C=O) groups is 1. The van der Waals surface area contributed by atoms with Gasteiger partial charge in [-0.2, -0.15) is 0 Å². The van der Waals surface area contributed by atoms with Gasteiger partial charge in [0.05, 0.1) is 16.5 Å². The van der Waals surface area contributed by atoms with E-state index in [0.29, 0.717) is 16.1 Å². The minimum Gasteiger partial charge on any atom is -0.321 e. The molecule has 122 valence electrons. The third-order valence-corrected chi connectivity index (χ3v) is 5.04. The molecule has 0 saturated carbocycles. The number of nitrogens with one attached hydrogen (secondary N) is 1. The first kappa shape index (κ1) is 17.4. The molecule has 0 fully saturated rings. The third kappa shape index (κ3) is 4.09. The molecule has 1 atom stereocenters. The zero-order chi connectivity index (χ0) is 17.1. The molecule has 0 radical (unpaired) electrons. The van der Waals surface area contributed by atoms with Gasteiger partial charge in [0.15, 0.2) is 0 Å². The molecular weight excluding hydrogens is 336 g/mol. The lowest BCUT2D eigenvalue weighted by molar-refractivity contribution is 0.102.